The molecular formula is C21H25N3O4. The van der Waals surface area contributed by atoms with Crippen molar-refractivity contribution < 1.29 is 19.1 Å². The number of anilines is 1. The fourth-order valence-electron chi connectivity index (χ4n) is 2.38. The highest BCUT2D eigenvalue weighted by Gasteiger charge is 2.18. The minimum absolute atomic E-state index is 0.110. The molecule has 148 valence electrons. The van der Waals surface area contributed by atoms with Crippen molar-refractivity contribution in [3.05, 3.63) is 59.7 Å². The highest BCUT2D eigenvalue weighted by molar-refractivity contribution is 6.40. The number of hydrogen-bond acceptors (Lipinski definition) is 4. The van der Waals surface area contributed by atoms with Crippen molar-refractivity contribution in [1.82, 2.24) is 10.6 Å². The number of rotatable bonds is 7. The van der Waals surface area contributed by atoms with E-state index < -0.39 is 11.8 Å². The molecule has 2 aromatic rings. The van der Waals surface area contributed by atoms with E-state index in [9.17, 15) is 14.4 Å². The van der Waals surface area contributed by atoms with Crippen LogP contribution >= 0.6 is 0 Å². The van der Waals surface area contributed by atoms with Crippen LogP contribution in [-0.4, -0.2) is 30.9 Å². The van der Waals surface area contributed by atoms with E-state index in [1.807, 2.05) is 38.1 Å². The van der Waals surface area contributed by atoms with E-state index in [0.717, 1.165) is 11.3 Å². The molecule has 0 saturated carbocycles. The number of benzene rings is 2. The highest BCUT2D eigenvalue weighted by atomic mass is 16.5. The Bertz CT molecular complexity index is 834. The smallest absolute Gasteiger partial charge is 0.313 e. The number of para-hydroxylation sites is 1. The summed E-state index contributed by atoms with van der Waals surface area (Å²) in [7, 11) is 1.59. The first kappa shape index (κ1) is 21.0. The summed E-state index contributed by atoms with van der Waals surface area (Å²) in [5.74, 6) is -1.16. The van der Waals surface area contributed by atoms with Crippen LogP contribution in [0.25, 0.3) is 0 Å². The van der Waals surface area contributed by atoms with Crippen LogP contribution in [0.15, 0.2) is 48.5 Å². The largest absolute Gasteiger partial charge is 0.497 e. The molecule has 0 heterocycles. The van der Waals surface area contributed by atoms with Crippen LogP contribution in [0.1, 0.15) is 36.2 Å². The van der Waals surface area contributed by atoms with E-state index in [0.29, 0.717) is 13.0 Å². The lowest BCUT2D eigenvalue weighted by Crippen LogP contribution is -2.40. The van der Waals surface area contributed by atoms with Gasteiger partial charge in [0.1, 0.15) is 5.75 Å². The Morgan fingerprint density at radius 2 is 1.68 bits per heavy atom. The molecule has 3 N–H and O–H groups in total. The normalized spacial score (nSPS) is 11.2. The van der Waals surface area contributed by atoms with Crippen molar-refractivity contribution in [1.29, 1.82) is 0 Å². The lowest BCUT2D eigenvalue weighted by molar-refractivity contribution is -0.136. The number of ether oxygens (including phenoxy) is 1. The van der Waals surface area contributed by atoms with Crippen molar-refractivity contribution in [3.8, 4) is 5.75 Å². The SMILES string of the molecule is CC[C@H](C)NC(=O)C(=O)Nc1ccccc1C(=O)NCc1ccc(OC)cc1. The average Bonchev–Trinajstić information content (AvgIpc) is 2.72. The molecule has 0 bridgehead atoms. The van der Waals surface area contributed by atoms with Crippen LogP contribution < -0.4 is 20.7 Å². The van der Waals surface area contributed by atoms with Crippen molar-refractivity contribution in [2.45, 2.75) is 32.9 Å². The van der Waals surface area contributed by atoms with Crippen LogP contribution in [0.3, 0.4) is 0 Å². The van der Waals surface area contributed by atoms with Gasteiger partial charge in [-0.15, -0.1) is 0 Å². The molecule has 0 fully saturated rings. The van der Waals surface area contributed by atoms with Crippen molar-refractivity contribution in [2.24, 2.45) is 0 Å². The molecule has 2 rings (SSSR count). The molecule has 7 heteroatoms. The third-order valence-corrected chi connectivity index (χ3v) is 4.23. The molecule has 0 aliphatic carbocycles. The predicted molar refractivity (Wildman–Crippen MR) is 107 cm³/mol. The predicted octanol–water partition coefficient (Wildman–Crippen LogP) is 2.48. The fourth-order valence-corrected chi connectivity index (χ4v) is 2.38. The maximum absolute atomic E-state index is 12.5. The Morgan fingerprint density at radius 1 is 1.00 bits per heavy atom. The van der Waals surface area contributed by atoms with Gasteiger partial charge in [-0.2, -0.15) is 0 Å². The topological polar surface area (TPSA) is 96.5 Å². The first-order valence-corrected chi connectivity index (χ1v) is 9.06. The van der Waals surface area contributed by atoms with Gasteiger partial charge in [0.15, 0.2) is 0 Å². The minimum Gasteiger partial charge on any atom is -0.497 e. The monoisotopic (exact) mass is 383 g/mol. The lowest BCUT2D eigenvalue weighted by Gasteiger charge is -2.13. The number of carbonyl (C=O) groups excluding carboxylic acids is 3. The van der Waals surface area contributed by atoms with Crippen LogP contribution in [-0.2, 0) is 16.1 Å². The molecule has 0 radical (unpaired) electrons. The van der Waals surface area contributed by atoms with Gasteiger partial charge in [-0.1, -0.05) is 31.2 Å². The third kappa shape index (κ3) is 5.84. The Morgan fingerprint density at radius 3 is 2.32 bits per heavy atom. The minimum atomic E-state index is -0.810. The van der Waals surface area contributed by atoms with Gasteiger partial charge in [0.25, 0.3) is 5.91 Å². The van der Waals surface area contributed by atoms with E-state index >= 15 is 0 Å². The molecule has 1 atom stereocenters. The standard InChI is InChI=1S/C21H25N3O4/c1-4-14(2)23-20(26)21(27)24-18-8-6-5-7-17(18)19(25)22-13-15-9-11-16(28-3)12-10-15/h5-12,14H,4,13H2,1-3H3,(H,22,25)(H,23,26)(H,24,27)/t14-/m0/s1. The zero-order chi connectivity index (χ0) is 20.5. The molecular weight excluding hydrogens is 358 g/mol. The number of nitrogens with one attached hydrogen (secondary N) is 3. The summed E-state index contributed by atoms with van der Waals surface area (Å²) >= 11 is 0. The van der Waals surface area contributed by atoms with Gasteiger partial charge in [0.05, 0.1) is 18.4 Å². The average molecular weight is 383 g/mol. The summed E-state index contributed by atoms with van der Waals surface area (Å²) in [5, 5.41) is 7.90. The van der Waals surface area contributed by atoms with Crippen LogP contribution in [0.4, 0.5) is 5.69 Å². The van der Waals surface area contributed by atoms with E-state index in [-0.39, 0.29) is 23.2 Å². The van der Waals surface area contributed by atoms with Crippen LogP contribution in [0, 0.1) is 0 Å². The van der Waals surface area contributed by atoms with Crippen LogP contribution in [0.2, 0.25) is 0 Å². The molecule has 3 amide bonds. The summed E-state index contributed by atoms with van der Waals surface area (Å²) < 4.78 is 5.11. The molecule has 0 spiro atoms. The fraction of sp³-hybridized carbons (Fsp3) is 0.286. The highest BCUT2D eigenvalue weighted by Crippen LogP contribution is 2.16. The summed E-state index contributed by atoms with van der Waals surface area (Å²) in [6, 6.07) is 13.8. The van der Waals surface area contributed by atoms with E-state index in [1.165, 1.54) is 0 Å². The summed E-state index contributed by atoms with van der Waals surface area (Å²) in [5.41, 5.74) is 1.46. The van der Waals surface area contributed by atoms with Crippen molar-refractivity contribution in [3.63, 3.8) is 0 Å². The number of carbonyl (C=O) groups is 3. The van der Waals surface area contributed by atoms with Crippen molar-refractivity contribution in [2.75, 3.05) is 12.4 Å². The molecule has 0 saturated heterocycles. The second-order valence-electron chi connectivity index (χ2n) is 6.31. The number of amides is 3. The van der Waals surface area contributed by atoms with Gasteiger partial charge in [-0.05, 0) is 43.2 Å². The second kappa shape index (κ2) is 10.1. The van der Waals surface area contributed by atoms with E-state index in [1.54, 1.807) is 31.4 Å². The molecule has 0 aromatic heterocycles. The first-order chi connectivity index (χ1) is 13.4. The first-order valence-electron chi connectivity index (χ1n) is 9.06. The van der Waals surface area contributed by atoms with Crippen molar-refractivity contribution >= 4 is 23.4 Å². The Balaban J connectivity index is 2.02. The van der Waals surface area contributed by atoms with Gasteiger partial charge < -0.3 is 20.7 Å². The van der Waals surface area contributed by atoms with Gasteiger partial charge in [0.2, 0.25) is 0 Å². The van der Waals surface area contributed by atoms with Gasteiger partial charge >= 0.3 is 11.8 Å². The second-order valence-corrected chi connectivity index (χ2v) is 6.31. The maximum atomic E-state index is 12.5. The summed E-state index contributed by atoms with van der Waals surface area (Å²) in [6.45, 7) is 4.04. The van der Waals surface area contributed by atoms with E-state index in [4.69, 9.17) is 4.74 Å². The maximum Gasteiger partial charge on any atom is 0.313 e. The molecule has 28 heavy (non-hydrogen) atoms. The summed E-state index contributed by atoms with van der Waals surface area (Å²) in [4.78, 5) is 36.6. The number of methoxy groups -OCH3 is 1. The van der Waals surface area contributed by atoms with Crippen LogP contribution in [0.5, 0.6) is 5.75 Å². The molecule has 2 aromatic carbocycles. The molecule has 0 aliphatic rings. The van der Waals surface area contributed by atoms with Gasteiger partial charge in [-0.3, -0.25) is 14.4 Å². The Hall–Kier alpha value is -3.35. The zero-order valence-corrected chi connectivity index (χ0v) is 16.2. The molecule has 7 nitrogen and oxygen atoms in total. The van der Waals surface area contributed by atoms with Gasteiger partial charge in [0, 0.05) is 12.6 Å². The number of hydrogen-bond donors (Lipinski definition) is 3. The summed E-state index contributed by atoms with van der Waals surface area (Å²) in [6.07, 6.45) is 0.712. The molecule has 0 unspecified atom stereocenters. The Kier molecular flexibility index (Phi) is 7.56. The zero-order valence-electron chi connectivity index (χ0n) is 16.2. The quantitative estimate of drug-likeness (QED) is 0.640. The molecule has 0 aliphatic heterocycles. The lowest BCUT2D eigenvalue weighted by atomic mass is 10.1. The van der Waals surface area contributed by atoms with Gasteiger partial charge in [-0.25, -0.2) is 0 Å². The third-order valence-electron chi connectivity index (χ3n) is 4.23. The van der Waals surface area contributed by atoms with E-state index in [2.05, 4.69) is 16.0 Å². The Labute approximate surface area is 164 Å².